The Kier molecular flexibility index (Phi) is 2.81. The lowest BCUT2D eigenvalue weighted by Crippen LogP contribution is -2.37. The summed E-state index contributed by atoms with van der Waals surface area (Å²) in [4.78, 5) is 0. The van der Waals surface area contributed by atoms with Gasteiger partial charge in [0.05, 0.1) is 6.10 Å². The lowest BCUT2D eigenvalue weighted by atomic mass is 9.62. The second-order valence-corrected chi connectivity index (χ2v) is 7.69. The maximum absolute atomic E-state index is 9.88. The predicted molar refractivity (Wildman–Crippen MR) is 70.6 cm³/mol. The highest BCUT2D eigenvalue weighted by atomic mass is 16.3. The van der Waals surface area contributed by atoms with E-state index in [4.69, 9.17) is 0 Å². The van der Waals surface area contributed by atoms with Crippen LogP contribution < -0.4 is 0 Å². The molecule has 17 heavy (non-hydrogen) atoms. The smallest absolute Gasteiger partial charge is 0.0543 e. The molecule has 0 spiro atoms. The zero-order chi connectivity index (χ0) is 12.2. The van der Waals surface area contributed by atoms with Crippen LogP contribution in [0.3, 0.4) is 0 Å². The summed E-state index contributed by atoms with van der Waals surface area (Å²) >= 11 is 0. The molecule has 1 nitrogen and oxygen atoms in total. The Morgan fingerprint density at radius 3 is 2.29 bits per heavy atom. The van der Waals surface area contributed by atoms with Crippen LogP contribution in [0.4, 0.5) is 0 Å². The molecule has 0 aromatic carbocycles. The van der Waals surface area contributed by atoms with Crippen molar-refractivity contribution < 1.29 is 5.11 Å². The van der Waals surface area contributed by atoms with E-state index in [0.29, 0.717) is 5.41 Å². The zero-order valence-electron chi connectivity index (χ0n) is 11.7. The number of rotatable bonds is 1. The summed E-state index contributed by atoms with van der Waals surface area (Å²) in [5, 5.41) is 9.88. The van der Waals surface area contributed by atoms with Gasteiger partial charge in [-0.05, 0) is 67.1 Å². The van der Waals surface area contributed by atoms with Crippen molar-refractivity contribution in [3.63, 3.8) is 0 Å². The van der Waals surface area contributed by atoms with Gasteiger partial charge in [-0.1, -0.05) is 27.2 Å². The third-order valence-corrected chi connectivity index (χ3v) is 6.82. The van der Waals surface area contributed by atoms with Crippen LogP contribution in [0, 0.1) is 35.0 Å². The third kappa shape index (κ3) is 1.77. The van der Waals surface area contributed by atoms with Gasteiger partial charge in [0, 0.05) is 0 Å². The van der Waals surface area contributed by atoms with Gasteiger partial charge < -0.3 is 5.11 Å². The van der Waals surface area contributed by atoms with Crippen LogP contribution in [-0.2, 0) is 0 Å². The van der Waals surface area contributed by atoms with Crippen molar-refractivity contribution in [3.05, 3.63) is 0 Å². The fraction of sp³-hybridized carbons (Fsp3) is 1.00. The molecule has 6 atom stereocenters. The highest BCUT2D eigenvalue weighted by Crippen LogP contribution is 2.63. The number of fused-ring (bicyclic) bond motifs is 2. The van der Waals surface area contributed by atoms with Gasteiger partial charge in [0.15, 0.2) is 0 Å². The van der Waals surface area contributed by atoms with Crippen LogP contribution in [0.15, 0.2) is 0 Å². The molecule has 3 fully saturated rings. The lowest BCUT2D eigenvalue weighted by molar-refractivity contribution is 0.0247. The molecule has 1 unspecified atom stereocenters. The first kappa shape index (κ1) is 12.0. The van der Waals surface area contributed by atoms with E-state index in [2.05, 4.69) is 20.8 Å². The Bertz CT molecular complexity index is 292. The highest BCUT2D eigenvalue weighted by molar-refractivity contribution is 5.05. The van der Waals surface area contributed by atoms with Crippen LogP contribution in [0.5, 0.6) is 0 Å². The van der Waals surface area contributed by atoms with Crippen molar-refractivity contribution in [2.24, 2.45) is 35.0 Å². The quantitative estimate of drug-likeness (QED) is 0.733. The predicted octanol–water partition coefficient (Wildman–Crippen LogP) is 3.86. The molecule has 1 heteroatoms. The van der Waals surface area contributed by atoms with E-state index < -0.39 is 0 Å². The van der Waals surface area contributed by atoms with Gasteiger partial charge >= 0.3 is 0 Å². The molecule has 0 aromatic heterocycles. The maximum Gasteiger partial charge on any atom is 0.0543 e. The van der Waals surface area contributed by atoms with Crippen molar-refractivity contribution in [1.82, 2.24) is 0 Å². The largest absolute Gasteiger partial charge is 0.393 e. The first-order chi connectivity index (χ1) is 8.00. The summed E-state index contributed by atoms with van der Waals surface area (Å²) in [5.74, 6) is 4.60. The van der Waals surface area contributed by atoms with Gasteiger partial charge in [-0.25, -0.2) is 0 Å². The molecular weight excluding hydrogens is 208 g/mol. The molecule has 3 aliphatic rings. The van der Waals surface area contributed by atoms with Gasteiger partial charge in [-0.15, -0.1) is 0 Å². The molecule has 0 radical (unpaired) electrons. The zero-order valence-corrected chi connectivity index (χ0v) is 11.7. The van der Waals surface area contributed by atoms with Crippen molar-refractivity contribution in [2.45, 2.75) is 65.4 Å². The van der Waals surface area contributed by atoms with Crippen LogP contribution in [-0.4, -0.2) is 11.2 Å². The Morgan fingerprint density at radius 2 is 1.71 bits per heavy atom. The van der Waals surface area contributed by atoms with E-state index in [1.807, 2.05) is 0 Å². The summed E-state index contributed by atoms with van der Waals surface area (Å²) in [6.45, 7) is 7.44. The molecule has 3 aliphatic carbocycles. The van der Waals surface area contributed by atoms with Gasteiger partial charge in [-0.2, -0.15) is 0 Å². The molecule has 0 aliphatic heterocycles. The van der Waals surface area contributed by atoms with E-state index in [-0.39, 0.29) is 6.10 Å². The standard InChI is InChI=1S/C16H28O/c1-10-14-8-12(16(10,2)3)9-15(14)11-5-4-6-13(17)7-11/h10-15,17H,4-9H2,1-3H3/t10-,11?,12+,13-,14+,15+/m1/s1. The first-order valence-electron chi connectivity index (χ1n) is 7.68. The molecule has 0 heterocycles. The van der Waals surface area contributed by atoms with Crippen molar-refractivity contribution in [1.29, 1.82) is 0 Å². The summed E-state index contributed by atoms with van der Waals surface area (Å²) in [6.07, 6.45) is 7.75. The average Bonchev–Trinajstić information content (AvgIpc) is 2.79. The molecule has 0 aromatic rings. The lowest BCUT2D eigenvalue weighted by Gasteiger charge is -2.44. The van der Waals surface area contributed by atoms with Crippen LogP contribution >= 0.6 is 0 Å². The number of aliphatic hydroxyl groups excluding tert-OH is 1. The van der Waals surface area contributed by atoms with Crippen LogP contribution in [0.1, 0.15) is 59.3 Å². The normalized spacial score (nSPS) is 52.9. The number of hydrogen-bond acceptors (Lipinski definition) is 1. The minimum Gasteiger partial charge on any atom is -0.393 e. The third-order valence-electron chi connectivity index (χ3n) is 6.82. The van der Waals surface area contributed by atoms with E-state index in [1.165, 1.54) is 25.7 Å². The maximum atomic E-state index is 9.88. The second-order valence-electron chi connectivity index (χ2n) is 7.69. The Labute approximate surface area is 106 Å². The van der Waals surface area contributed by atoms with Gasteiger partial charge in [0.2, 0.25) is 0 Å². The monoisotopic (exact) mass is 236 g/mol. The second kappa shape index (κ2) is 3.98. The van der Waals surface area contributed by atoms with Crippen LogP contribution in [0.25, 0.3) is 0 Å². The summed E-state index contributed by atoms with van der Waals surface area (Å²) < 4.78 is 0. The fourth-order valence-corrected chi connectivity index (χ4v) is 5.34. The molecule has 98 valence electrons. The van der Waals surface area contributed by atoms with Crippen molar-refractivity contribution in [2.75, 3.05) is 0 Å². The van der Waals surface area contributed by atoms with Crippen LogP contribution in [0.2, 0.25) is 0 Å². The number of hydrogen-bond donors (Lipinski definition) is 1. The van der Waals surface area contributed by atoms with Gasteiger partial charge in [0.25, 0.3) is 0 Å². The Balaban J connectivity index is 1.72. The molecular formula is C16H28O. The topological polar surface area (TPSA) is 20.2 Å². The number of aliphatic hydroxyl groups is 1. The van der Waals surface area contributed by atoms with E-state index in [9.17, 15) is 5.11 Å². The molecule has 3 saturated carbocycles. The van der Waals surface area contributed by atoms with Gasteiger partial charge in [0.1, 0.15) is 0 Å². The molecule has 3 rings (SSSR count). The Hall–Kier alpha value is -0.0400. The molecule has 1 N–H and O–H groups in total. The van der Waals surface area contributed by atoms with E-state index in [0.717, 1.165) is 42.4 Å². The summed E-state index contributed by atoms with van der Waals surface area (Å²) in [5.41, 5.74) is 0.578. The highest BCUT2D eigenvalue weighted by Gasteiger charge is 2.56. The average molecular weight is 236 g/mol. The minimum absolute atomic E-state index is 0.0104. The van der Waals surface area contributed by atoms with E-state index >= 15 is 0 Å². The van der Waals surface area contributed by atoms with Crippen molar-refractivity contribution >= 4 is 0 Å². The fourth-order valence-electron chi connectivity index (χ4n) is 5.34. The summed E-state index contributed by atoms with van der Waals surface area (Å²) in [7, 11) is 0. The SMILES string of the molecule is C[C@@H]1[C@@H]2C[C@@H](C[C@H]2C2CCC[C@@H](O)C2)C1(C)C. The molecule has 0 amide bonds. The minimum atomic E-state index is 0.0104. The van der Waals surface area contributed by atoms with Crippen molar-refractivity contribution in [3.8, 4) is 0 Å². The van der Waals surface area contributed by atoms with E-state index in [1.54, 1.807) is 0 Å². The summed E-state index contributed by atoms with van der Waals surface area (Å²) in [6, 6.07) is 0. The molecule has 0 saturated heterocycles. The van der Waals surface area contributed by atoms with Gasteiger partial charge in [-0.3, -0.25) is 0 Å². The Morgan fingerprint density at radius 1 is 1.00 bits per heavy atom. The molecule has 2 bridgehead atoms. The first-order valence-corrected chi connectivity index (χ1v) is 7.68.